The van der Waals surface area contributed by atoms with E-state index in [0.29, 0.717) is 17.2 Å². The average Bonchev–Trinajstić information content (AvgIpc) is 3.05. The summed E-state index contributed by atoms with van der Waals surface area (Å²) in [6.07, 6.45) is 3.17. The smallest absolute Gasteiger partial charge is 0.283 e. The zero-order chi connectivity index (χ0) is 16.5. The van der Waals surface area contributed by atoms with Gasteiger partial charge in [-0.3, -0.25) is 4.79 Å². The highest BCUT2D eigenvalue weighted by Gasteiger charge is 2.13. The molecule has 0 bridgehead atoms. The minimum absolute atomic E-state index is 0.290. The molecule has 4 aromatic rings. The van der Waals surface area contributed by atoms with Crippen molar-refractivity contribution in [1.82, 2.24) is 24.7 Å². The number of benzene rings is 1. The molecule has 0 fully saturated rings. The maximum absolute atomic E-state index is 12.7. The van der Waals surface area contributed by atoms with E-state index in [2.05, 4.69) is 20.1 Å². The Morgan fingerprint density at radius 2 is 2.04 bits per heavy atom. The number of imidazole rings is 1. The van der Waals surface area contributed by atoms with Crippen LogP contribution in [0, 0.1) is 0 Å². The van der Waals surface area contributed by atoms with Crippen molar-refractivity contribution >= 4 is 11.0 Å². The minimum Gasteiger partial charge on any atom is -0.497 e. The van der Waals surface area contributed by atoms with Crippen LogP contribution in [-0.4, -0.2) is 31.8 Å². The SMILES string of the molecule is COc1ccc2nc(-c3ccnn(-c4ccccn4)c3=O)[nH]c2c1. The maximum atomic E-state index is 12.7. The second kappa shape index (κ2) is 5.62. The summed E-state index contributed by atoms with van der Waals surface area (Å²) in [6, 6.07) is 12.4. The van der Waals surface area contributed by atoms with Crippen LogP contribution in [0.25, 0.3) is 28.2 Å². The molecule has 0 unspecified atom stereocenters. The number of rotatable bonds is 3. The summed E-state index contributed by atoms with van der Waals surface area (Å²) >= 11 is 0. The van der Waals surface area contributed by atoms with Gasteiger partial charge in [-0.15, -0.1) is 0 Å². The van der Waals surface area contributed by atoms with Gasteiger partial charge in [-0.2, -0.15) is 9.78 Å². The Hall–Kier alpha value is -3.48. The first-order valence-electron chi connectivity index (χ1n) is 7.30. The van der Waals surface area contributed by atoms with E-state index in [9.17, 15) is 4.79 Å². The van der Waals surface area contributed by atoms with Gasteiger partial charge in [0.25, 0.3) is 5.56 Å². The molecule has 24 heavy (non-hydrogen) atoms. The lowest BCUT2D eigenvalue weighted by Gasteiger charge is -2.04. The molecule has 0 saturated heterocycles. The van der Waals surface area contributed by atoms with Crippen LogP contribution in [-0.2, 0) is 0 Å². The third-order valence-electron chi connectivity index (χ3n) is 3.66. The van der Waals surface area contributed by atoms with Gasteiger partial charge in [0.05, 0.1) is 23.7 Å². The van der Waals surface area contributed by atoms with Gasteiger partial charge in [0.2, 0.25) is 0 Å². The van der Waals surface area contributed by atoms with E-state index in [1.807, 2.05) is 18.2 Å². The van der Waals surface area contributed by atoms with E-state index in [1.165, 1.54) is 4.68 Å². The third-order valence-corrected chi connectivity index (χ3v) is 3.66. The van der Waals surface area contributed by atoms with Crippen LogP contribution < -0.4 is 10.3 Å². The fourth-order valence-corrected chi connectivity index (χ4v) is 2.48. The number of hydrogen-bond donors (Lipinski definition) is 1. The van der Waals surface area contributed by atoms with E-state index >= 15 is 0 Å². The lowest BCUT2D eigenvalue weighted by atomic mass is 10.3. The summed E-state index contributed by atoms with van der Waals surface area (Å²) in [4.78, 5) is 24.5. The molecule has 4 rings (SSSR count). The highest BCUT2D eigenvalue weighted by molar-refractivity contribution is 5.80. The predicted octanol–water partition coefficient (Wildman–Crippen LogP) is 2.18. The molecule has 3 aromatic heterocycles. The van der Waals surface area contributed by atoms with Crippen LogP contribution in [0.2, 0.25) is 0 Å². The number of aromatic nitrogens is 5. The quantitative estimate of drug-likeness (QED) is 0.625. The molecule has 7 nitrogen and oxygen atoms in total. The Morgan fingerprint density at radius 1 is 1.12 bits per heavy atom. The number of hydrogen-bond acceptors (Lipinski definition) is 5. The van der Waals surface area contributed by atoms with E-state index < -0.39 is 0 Å². The lowest BCUT2D eigenvalue weighted by molar-refractivity contribution is 0.415. The van der Waals surface area contributed by atoms with Gasteiger partial charge >= 0.3 is 0 Å². The first-order valence-corrected chi connectivity index (χ1v) is 7.30. The molecule has 0 atom stereocenters. The number of aromatic amines is 1. The molecule has 0 saturated carbocycles. The van der Waals surface area contributed by atoms with E-state index in [-0.39, 0.29) is 5.56 Å². The second-order valence-electron chi connectivity index (χ2n) is 5.12. The van der Waals surface area contributed by atoms with Crippen molar-refractivity contribution in [1.29, 1.82) is 0 Å². The molecule has 0 aliphatic rings. The van der Waals surface area contributed by atoms with Crippen molar-refractivity contribution in [3.8, 4) is 23.0 Å². The largest absolute Gasteiger partial charge is 0.497 e. The van der Waals surface area contributed by atoms with E-state index in [0.717, 1.165) is 16.8 Å². The number of nitrogens with one attached hydrogen (secondary N) is 1. The summed E-state index contributed by atoms with van der Waals surface area (Å²) in [6.45, 7) is 0. The molecule has 1 aromatic carbocycles. The summed E-state index contributed by atoms with van der Waals surface area (Å²) in [5, 5.41) is 4.10. The number of ether oxygens (including phenoxy) is 1. The van der Waals surface area contributed by atoms with Gasteiger partial charge in [-0.1, -0.05) is 6.07 Å². The summed E-state index contributed by atoms with van der Waals surface area (Å²) in [7, 11) is 1.60. The van der Waals surface area contributed by atoms with Crippen molar-refractivity contribution in [2.24, 2.45) is 0 Å². The molecule has 0 spiro atoms. The molecule has 0 radical (unpaired) electrons. The third kappa shape index (κ3) is 2.32. The van der Waals surface area contributed by atoms with Gasteiger partial charge in [0, 0.05) is 18.5 Å². The Kier molecular flexibility index (Phi) is 3.31. The summed E-state index contributed by atoms with van der Waals surface area (Å²) < 4.78 is 6.46. The highest BCUT2D eigenvalue weighted by Crippen LogP contribution is 2.22. The molecule has 0 aliphatic carbocycles. The van der Waals surface area contributed by atoms with Crippen LogP contribution in [0.15, 0.2) is 59.7 Å². The van der Waals surface area contributed by atoms with Crippen LogP contribution in [0.1, 0.15) is 0 Å². The molecule has 0 amide bonds. The standard InChI is InChI=1S/C17H13N5O2/c1-24-11-5-6-13-14(10-11)21-16(20-13)12-7-9-19-22(17(12)23)15-4-2-3-8-18-15/h2-10H,1H3,(H,20,21). The Bertz CT molecular complexity index is 1070. The van der Waals surface area contributed by atoms with Crippen LogP contribution in [0.3, 0.4) is 0 Å². The number of H-pyrrole nitrogens is 1. The fourth-order valence-electron chi connectivity index (χ4n) is 2.48. The minimum atomic E-state index is -0.290. The number of fused-ring (bicyclic) bond motifs is 1. The van der Waals surface area contributed by atoms with Gasteiger partial charge < -0.3 is 9.72 Å². The normalized spacial score (nSPS) is 10.9. The van der Waals surface area contributed by atoms with Crippen molar-refractivity contribution in [2.45, 2.75) is 0 Å². The summed E-state index contributed by atoms with van der Waals surface area (Å²) in [5.41, 5.74) is 1.68. The fraction of sp³-hybridized carbons (Fsp3) is 0.0588. The van der Waals surface area contributed by atoms with Crippen molar-refractivity contribution in [3.05, 3.63) is 65.2 Å². The van der Waals surface area contributed by atoms with Gasteiger partial charge in [-0.25, -0.2) is 9.97 Å². The van der Waals surface area contributed by atoms with Crippen LogP contribution >= 0.6 is 0 Å². The lowest BCUT2D eigenvalue weighted by Crippen LogP contribution is -2.23. The second-order valence-corrected chi connectivity index (χ2v) is 5.12. The Labute approximate surface area is 136 Å². The number of pyridine rings is 1. The average molecular weight is 319 g/mol. The van der Waals surface area contributed by atoms with Crippen molar-refractivity contribution in [3.63, 3.8) is 0 Å². The monoisotopic (exact) mass is 319 g/mol. The molecule has 1 N–H and O–H groups in total. The van der Waals surface area contributed by atoms with E-state index in [4.69, 9.17) is 4.74 Å². The molecular formula is C17H13N5O2. The Balaban J connectivity index is 1.87. The Morgan fingerprint density at radius 3 is 2.83 bits per heavy atom. The van der Waals surface area contributed by atoms with Gasteiger partial charge in [0.1, 0.15) is 11.6 Å². The number of nitrogens with zero attached hydrogens (tertiary/aromatic N) is 4. The van der Waals surface area contributed by atoms with Crippen LogP contribution in [0.5, 0.6) is 5.75 Å². The topological polar surface area (TPSA) is 85.7 Å². The summed E-state index contributed by atoms with van der Waals surface area (Å²) in [5.74, 6) is 1.66. The van der Waals surface area contributed by atoms with Gasteiger partial charge in [0.15, 0.2) is 5.82 Å². The zero-order valence-corrected chi connectivity index (χ0v) is 12.8. The first kappa shape index (κ1) is 14.1. The predicted molar refractivity (Wildman–Crippen MR) is 89.3 cm³/mol. The molecular weight excluding hydrogens is 306 g/mol. The highest BCUT2D eigenvalue weighted by atomic mass is 16.5. The van der Waals surface area contributed by atoms with Gasteiger partial charge in [-0.05, 0) is 30.3 Å². The van der Waals surface area contributed by atoms with Crippen molar-refractivity contribution in [2.75, 3.05) is 7.11 Å². The van der Waals surface area contributed by atoms with Crippen LogP contribution in [0.4, 0.5) is 0 Å². The zero-order valence-electron chi connectivity index (χ0n) is 12.8. The molecule has 3 heterocycles. The van der Waals surface area contributed by atoms with E-state index in [1.54, 1.807) is 43.8 Å². The number of methoxy groups -OCH3 is 1. The molecule has 7 heteroatoms. The first-order chi connectivity index (χ1) is 11.8. The van der Waals surface area contributed by atoms with Crippen molar-refractivity contribution < 1.29 is 4.74 Å². The molecule has 118 valence electrons. The maximum Gasteiger partial charge on any atom is 0.283 e. The molecule has 0 aliphatic heterocycles.